The Morgan fingerprint density at radius 1 is 1.04 bits per heavy atom. The van der Waals surface area contributed by atoms with E-state index in [1.807, 2.05) is 6.07 Å². The first-order valence-electron chi connectivity index (χ1n) is 8.29. The lowest BCUT2D eigenvalue weighted by Gasteiger charge is -2.19. The van der Waals surface area contributed by atoms with Crippen molar-refractivity contribution in [2.24, 2.45) is 5.92 Å². The molecule has 0 radical (unpaired) electrons. The van der Waals surface area contributed by atoms with Gasteiger partial charge in [-0.1, -0.05) is 46.8 Å². The Balaban J connectivity index is 2.00. The van der Waals surface area contributed by atoms with Gasteiger partial charge in [0.15, 0.2) is 0 Å². The third kappa shape index (κ3) is 5.55. The van der Waals surface area contributed by atoms with Crippen molar-refractivity contribution in [3.05, 3.63) is 42.1 Å². The maximum Gasteiger partial charge on any atom is 0.224 e. The van der Waals surface area contributed by atoms with Crippen molar-refractivity contribution in [1.29, 1.82) is 0 Å². The molecule has 0 bridgehead atoms. The second-order valence-corrected chi connectivity index (χ2v) is 7.33. The average molecular weight is 312 g/mol. The Bertz CT molecular complexity index is 612. The summed E-state index contributed by atoms with van der Waals surface area (Å²) in [5.74, 6) is 2.14. The smallest absolute Gasteiger partial charge is 0.224 e. The number of hydrogen-bond acceptors (Lipinski definition) is 4. The molecule has 0 aliphatic carbocycles. The van der Waals surface area contributed by atoms with Crippen LogP contribution in [0.4, 0.5) is 17.5 Å². The molecule has 0 fully saturated rings. The van der Waals surface area contributed by atoms with E-state index in [1.54, 1.807) is 6.20 Å². The van der Waals surface area contributed by atoms with E-state index in [9.17, 15) is 0 Å². The highest BCUT2D eigenvalue weighted by atomic mass is 15.1. The Kier molecular flexibility index (Phi) is 5.59. The number of hydrogen-bond donors (Lipinski definition) is 2. The normalized spacial score (nSPS) is 11.6. The molecule has 0 atom stereocenters. The van der Waals surface area contributed by atoms with E-state index in [2.05, 4.69) is 79.5 Å². The van der Waals surface area contributed by atoms with Gasteiger partial charge in [0.1, 0.15) is 5.82 Å². The molecule has 23 heavy (non-hydrogen) atoms. The molecule has 0 saturated heterocycles. The van der Waals surface area contributed by atoms with Crippen molar-refractivity contribution in [1.82, 2.24) is 9.97 Å². The molecule has 0 saturated carbocycles. The van der Waals surface area contributed by atoms with E-state index < -0.39 is 0 Å². The minimum atomic E-state index is 0.168. The van der Waals surface area contributed by atoms with Crippen LogP contribution in [-0.2, 0) is 5.41 Å². The first-order valence-corrected chi connectivity index (χ1v) is 8.29. The number of anilines is 3. The van der Waals surface area contributed by atoms with Crippen LogP contribution in [0.3, 0.4) is 0 Å². The van der Waals surface area contributed by atoms with Gasteiger partial charge in [0, 0.05) is 18.4 Å². The van der Waals surface area contributed by atoms with Crippen molar-refractivity contribution in [3.63, 3.8) is 0 Å². The highest BCUT2D eigenvalue weighted by molar-refractivity contribution is 5.57. The van der Waals surface area contributed by atoms with Gasteiger partial charge in [0.2, 0.25) is 5.95 Å². The van der Waals surface area contributed by atoms with E-state index in [4.69, 9.17) is 0 Å². The molecular formula is C19H28N4. The molecule has 0 unspecified atom stereocenters. The second kappa shape index (κ2) is 7.44. The van der Waals surface area contributed by atoms with E-state index in [1.165, 1.54) is 5.56 Å². The Labute approximate surface area is 139 Å². The first kappa shape index (κ1) is 17.3. The number of nitrogens with zero attached hydrogens (tertiary/aromatic N) is 2. The lowest BCUT2D eigenvalue weighted by Crippen LogP contribution is -2.10. The largest absolute Gasteiger partial charge is 0.354 e. The lowest BCUT2D eigenvalue weighted by atomic mass is 9.87. The Morgan fingerprint density at radius 2 is 1.74 bits per heavy atom. The third-order valence-electron chi connectivity index (χ3n) is 3.68. The lowest BCUT2D eigenvalue weighted by molar-refractivity contribution is 0.590. The Hall–Kier alpha value is -2.10. The number of nitrogens with one attached hydrogen (secondary N) is 2. The minimum Gasteiger partial charge on any atom is -0.354 e. The molecule has 1 heterocycles. The Morgan fingerprint density at radius 3 is 2.35 bits per heavy atom. The fourth-order valence-electron chi connectivity index (χ4n) is 2.19. The van der Waals surface area contributed by atoms with Crippen LogP contribution in [0.25, 0.3) is 0 Å². The van der Waals surface area contributed by atoms with Crippen molar-refractivity contribution >= 4 is 17.5 Å². The number of rotatable bonds is 6. The average Bonchev–Trinajstić information content (AvgIpc) is 2.47. The van der Waals surface area contributed by atoms with Crippen molar-refractivity contribution in [2.45, 2.75) is 46.5 Å². The van der Waals surface area contributed by atoms with Crippen molar-refractivity contribution in [2.75, 3.05) is 17.2 Å². The van der Waals surface area contributed by atoms with Crippen molar-refractivity contribution in [3.8, 4) is 0 Å². The first-order chi connectivity index (χ1) is 10.8. The minimum absolute atomic E-state index is 0.168. The highest BCUT2D eigenvalue weighted by Crippen LogP contribution is 2.24. The van der Waals surface area contributed by atoms with E-state index in [-0.39, 0.29) is 5.41 Å². The molecule has 1 aromatic carbocycles. The summed E-state index contributed by atoms with van der Waals surface area (Å²) in [6, 6.07) is 10.4. The summed E-state index contributed by atoms with van der Waals surface area (Å²) < 4.78 is 0. The quantitative estimate of drug-likeness (QED) is 0.790. The van der Waals surface area contributed by atoms with Gasteiger partial charge < -0.3 is 10.6 Å². The van der Waals surface area contributed by atoms with Gasteiger partial charge in [0.25, 0.3) is 0 Å². The summed E-state index contributed by atoms with van der Waals surface area (Å²) in [7, 11) is 0. The molecule has 1 aromatic heterocycles. The predicted molar refractivity (Wildman–Crippen MR) is 98.4 cm³/mol. The highest BCUT2D eigenvalue weighted by Gasteiger charge is 2.12. The van der Waals surface area contributed by atoms with Crippen LogP contribution in [0.2, 0.25) is 0 Å². The van der Waals surface area contributed by atoms with E-state index in [0.717, 1.165) is 24.5 Å². The standard InChI is InChI=1S/C19H28N4/c1-14(2)10-12-20-18-21-13-11-17(23-18)22-16-8-6-15(7-9-16)19(3,4)5/h6-9,11,13-14H,10,12H2,1-5H3,(H2,20,21,22,23). The van der Waals surface area contributed by atoms with Gasteiger partial charge in [-0.25, -0.2) is 4.98 Å². The van der Waals surface area contributed by atoms with Gasteiger partial charge >= 0.3 is 0 Å². The van der Waals surface area contributed by atoms with Crippen LogP contribution in [0.5, 0.6) is 0 Å². The summed E-state index contributed by atoms with van der Waals surface area (Å²) in [5.41, 5.74) is 2.52. The summed E-state index contributed by atoms with van der Waals surface area (Å²) >= 11 is 0. The molecule has 2 aromatic rings. The predicted octanol–water partition coefficient (Wildman–Crippen LogP) is 4.98. The molecule has 4 nitrogen and oxygen atoms in total. The zero-order chi connectivity index (χ0) is 16.9. The monoisotopic (exact) mass is 312 g/mol. The van der Waals surface area contributed by atoms with Crippen LogP contribution >= 0.6 is 0 Å². The van der Waals surface area contributed by atoms with Gasteiger partial charge in [-0.05, 0) is 41.5 Å². The molecule has 0 aliphatic heterocycles. The number of aromatic nitrogens is 2. The van der Waals surface area contributed by atoms with E-state index in [0.29, 0.717) is 11.9 Å². The topological polar surface area (TPSA) is 49.8 Å². The van der Waals surface area contributed by atoms with Gasteiger partial charge in [-0.15, -0.1) is 0 Å². The van der Waals surface area contributed by atoms with Crippen molar-refractivity contribution < 1.29 is 0 Å². The van der Waals surface area contributed by atoms with Gasteiger partial charge in [-0.3, -0.25) is 0 Å². The molecule has 0 spiro atoms. The fraction of sp³-hybridized carbons (Fsp3) is 0.474. The van der Waals surface area contributed by atoms with Crippen LogP contribution in [0.1, 0.15) is 46.6 Å². The zero-order valence-electron chi connectivity index (χ0n) is 14.9. The molecular weight excluding hydrogens is 284 g/mol. The van der Waals surface area contributed by atoms with E-state index >= 15 is 0 Å². The van der Waals surface area contributed by atoms with Crippen LogP contribution in [0.15, 0.2) is 36.5 Å². The molecule has 0 aliphatic rings. The summed E-state index contributed by atoms with van der Waals surface area (Å²) in [5, 5.41) is 6.60. The third-order valence-corrected chi connectivity index (χ3v) is 3.68. The zero-order valence-corrected chi connectivity index (χ0v) is 14.9. The second-order valence-electron chi connectivity index (χ2n) is 7.33. The summed E-state index contributed by atoms with van der Waals surface area (Å²) in [6.07, 6.45) is 2.88. The SMILES string of the molecule is CC(C)CCNc1nccc(Nc2ccc(C(C)(C)C)cc2)n1. The molecule has 2 N–H and O–H groups in total. The molecule has 124 valence electrons. The fourth-order valence-corrected chi connectivity index (χ4v) is 2.19. The van der Waals surface area contributed by atoms with Crippen LogP contribution in [0, 0.1) is 5.92 Å². The summed E-state index contributed by atoms with van der Waals surface area (Å²) in [4.78, 5) is 8.76. The molecule has 2 rings (SSSR count). The van der Waals surface area contributed by atoms with Crippen LogP contribution < -0.4 is 10.6 Å². The maximum atomic E-state index is 4.50. The molecule has 4 heteroatoms. The van der Waals surface area contributed by atoms with Gasteiger partial charge in [-0.2, -0.15) is 4.98 Å². The van der Waals surface area contributed by atoms with Crippen LogP contribution in [-0.4, -0.2) is 16.5 Å². The van der Waals surface area contributed by atoms with Gasteiger partial charge in [0.05, 0.1) is 0 Å². The summed E-state index contributed by atoms with van der Waals surface area (Å²) in [6.45, 7) is 12.0. The maximum absolute atomic E-state index is 4.50. The molecule has 0 amide bonds. The number of benzene rings is 1.